The Labute approximate surface area is 96.8 Å². The fourth-order valence-electron chi connectivity index (χ4n) is 2.29. The summed E-state index contributed by atoms with van der Waals surface area (Å²) in [6, 6.07) is 8.75. The normalized spacial score (nSPS) is 25.7. The highest BCUT2D eigenvalue weighted by Gasteiger charge is 2.20. The Balaban J connectivity index is 1.86. The number of hydrogen-bond donors (Lipinski definition) is 1. The molecule has 1 fully saturated rings. The molecular formula is C13H18ClN. The lowest BCUT2D eigenvalue weighted by molar-refractivity contribution is 0.502. The van der Waals surface area contributed by atoms with Gasteiger partial charge in [-0.25, -0.2) is 0 Å². The van der Waals surface area contributed by atoms with E-state index in [4.69, 9.17) is 11.6 Å². The fourth-order valence-corrected chi connectivity index (χ4v) is 2.49. The maximum atomic E-state index is 6.10. The molecule has 2 atom stereocenters. The molecule has 1 aromatic rings. The molecule has 0 saturated heterocycles. The third kappa shape index (κ3) is 2.96. The van der Waals surface area contributed by atoms with Crippen molar-refractivity contribution in [1.82, 2.24) is 5.32 Å². The van der Waals surface area contributed by atoms with Gasteiger partial charge in [-0.1, -0.05) is 36.7 Å². The Morgan fingerprint density at radius 3 is 2.80 bits per heavy atom. The average Bonchev–Trinajstić information content (AvgIpc) is 2.63. The Morgan fingerprint density at radius 1 is 1.33 bits per heavy atom. The first-order valence-corrected chi connectivity index (χ1v) is 6.10. The smallest absolute Gasteiger partial charge is 0.0450 e. The first-order valence-electron chi connectivity index (χ1n) is 5.72. The molecule has 82 valence electrons. The van der Waals surface area contributed by atoms with Crippen molar-refractivity contribution in [3.8, 4) is 0 Å². The van der Waals surface area contributed by atoms with E-state index >= 15 is 0 Å². The van der Waals surface area contributed by atoms with Crippen molar-refractivity contribution in [1.29, 1.82) is 0 Å². The minimum absolute atomic E-state index is 0.691. The quantitative estimate of drug-likeness (QED) is 0.826. The van der Waals surface area contributed by atoms with Crippen molar-refractivity contribution in [3.05, 3.63) is 34.9 Å². The monoisotopic (exact) mass is 223 g/mol. The van der Waals surface area contributed by atoms with Crippen molar-refractivity contribution >= 4 is 11.6 Å². The Kier molecular flexibility index (Phi) is 3.66. The van der Waals surface area contributed by atoms with Gasteiger partial charge in [0.25, 0.3) is 0 Å². The van der Waals surface area contributed by atoms with Crippen molar-refractivity contribution < 1.29 is 0 Å². The number of benzene rings is 1. The fraction of sp³-hybridized carbons (Fsp3) is 0.538. The van der Waals surface area contributed by atoms with Crippen LogP contribution in [0.25, 0.3) is 0 Å². The van der Waals surface area contributed by atoms with Crippen LogP contribution in [0.2, 0.25) is 5.02 Å². The summed E-state index contributed by atoms with van der Waals surface area (Å²) in [4.78, 5) is 0. The van der Waals surface area contributed by atoms with Crippen molar-refractivity contribution in [2.75, 3.05) is 0 Å². The van der Waals surface area contributed by atoms with E-state index in [0.29, 0.717) is 6.04 Å². The van der Waals surface area contributed by atoms with Gasteiger partial charge in [0.2, 0.25) is 0 Å². The third-order valence-electron chi connectivity index (χ3n) is 3.23. The van der Waals surface area contributed by atoms with Gasteiger partial charge in [0.05, 0.1) is 0 Å². The highest BCUT2D eigenvalue weighted by Crippen LogP contribution is 2.25. The number of nitrogens with one attached hydrogen (secondary N) is 1. The summed E-state index contributed by atoms with van der Waals surface area (Å²) in [5.74, 6) is 0.883. The first-order chi connectivity index (χ1) is 7.25. The molecule has 2 rings (SSSR count). The zero-order valence-electron chi connectivity index (χ0n) is 9.17. The van der Waals surface area contributed by atoms with Gasteiger partial charge < -0.3 is 5.32 Å². The van der Waals surface area contributed by atoms with Crippen molar-refractivity contribution in [2.45, 2.75) is 38.8 Å². The Morgan fingerprint density at radius 2 is 2.13 bits per heavy atom. The molecule has 1 nitrogen and oxygen atoms in total. The number of hydrogen-bond acceptors (Lipinski definition) is 1. The van der Waals surface area contributed by atoms with Gasteiger partial charge in [0.15, 0.2) is 0 Å². The summed E-state index contributed by atoms with van der Waals surface area (Å²) in [5.41, 5.74) is 1.21. The third-order valence-corrected chi connectivity index (χ3v) is 3.60. The van der Waals surface area contributed by atoms with Crippen LogP contribution in [0, 0.1) is 5.92 Å². The molecule has 15 heavy (non-hydrogen) atoms. The largest absolute Gasteiger partial charge is 0.310 e. The second-order valence-corrected chi connectivity index (χ2v) is 4.99. The van der Waals surface area contributed by atoms with Crippen LogP contribution in [0.4, 0.5) is 0 Å². The molecule has 1 aromatic carbocycles. The van der Waals surface area contributed by atoms with Gasteiger partial charge in [-0.3, -0.25) is 0 Å². The molecule has 2 heteroatoms. The highest BCUT2D eigenvalue weighted by atomic mass is 35.5. The number of halogens is 1. The van der Waals surface area contributed by atoms with Crippen LogP contribution in [-0.4, -0.2) is 6.04 Å². The van der Waals surface area contributed by atoms with E-state index in [9.17, 15) is 0 Å². The first kappa shape index (κ1) is 11.0. The van der Waals surface area contributed by atoms with Crippen LogP contribution >= 0.6 is 11.6 Å². The number of rotatable bonds is 3. The zero-order chi connectivity index (χ0) is 10.7. The van der Waals surface area contributed by atoms with Crippen LogP contribution < -0.4 is 5.32 Å². The van der Waals surface area contributed by atoms with Gasteiger partial charge in [-0.15, -0.1) is 0 Å². The van der Waals surface area contributed by atoms with Gasteiger partial charge in [-0.2, -0.15) is 0 Å². The second kappa shape index (κ2) is 5.00. The molecule has 0 unspecified atom stereocenters. The SMILES string of the molecule is C[C@H]1CC[C@@H](NCc2ccccc2Cl)C1. The van der Waals surface area contributed by atoms with E-state index < -0.39 is 0 Å². The summed E-state index contributed by atoms with van der Waals surface area (Å²) in [6.45, 7) is 3.23. The molecule has 0 aliphatic heterocycles. The molecule has 1 aliphatic rings. The molecule has 0 radical (unpaired) electrons. The molecule has 0 amide bonds. The molecule has 0 aromatic heterocycles. The van der Waals surface area contributed by atoms with Crippen LogP contribution in [0.1, 0.15) is 31.7 Å². The molecule has 0 spiro atoms. The maximum absolute atomic E-state index is 6.10. The molecule has 0 heterocycles. The lowest BCUT2D eigenvalue weighted by Gasteiger charge is -2.12. The van der Waals surface area contributed by atoms with Gasteiger partial charge in [0, 0.05) is 17.6 Å². The van der Waals surface area contributed by atoms with Gasteiger partial charge in [-0.05, 0) is 36.8 Å². The molecular weight excluding hydrogens is 206 g/mol. The summed E-state index contributed by atoms with van der Waals surface area (Å²) in [5, 5.41) is 4.46. The van der Waals surface area contributed by atoms with Crippen LogP contribution in [0.5, 0.6) is 0 Å². The second-order valence-electron chi connectivity index (χ2n) is 4.59. The van der Waals surface area contributed by atoms with Crippen LogP contribution in [0.3, 0.4) is 0 Å². The predicted molar refractivity (Wildman–Crippen MR) is 65.1 cm³/mol. The van der Waals surface area contributed by atoms with E-state index in [0.717, 1.165) is 17.5 Å². The van der Waals surface area contributed by atoms with E-state index in [-0.39, 0.29) is 0 Å². The van der Waals surface area contributed by atoms with Crippen molar-refractivity contribution in [2.24, 2.45) is 5.92 Å². The van der Waals surface area contributed by atoms with Gasteiger partial charge >= 0.3 is 0 Å². The molecule has 1 N–H and O–H groups in total. The minimum Gasteiger partial charge on any atom is -0.310 e. The Bertz CT molecular complexity index is 324. The maximum Gasteiger partial charge on any atom is 0.0450 e. The van der Waals surface area contributed by atoms with E-state index in [1.807, 2.05) is 18.2 Å². The summed E-state index contributed by atoms with van der Waals surface area (Å²) in [7, 11) is 0. The topological polar surface area (TPSA) is 12.0 Å². The minimum atomic E-state index is 0.691. The zero-order valence-corrected chi connectivity index (χ0v) is 9.93. The standard InChI is InChI=1S/C13H18ClN/c1-10-6-7-12(8-10)15-9-11-4-2-3-5-13(11)14/h2-5,10,12,15H,6-9H2,1H3/t10-,12+/m0/s1. The Hall–Kier alpha value is -0.530. The molecule has 0 bridgehead atoms. The van der Waals surface area contributed by atoms with E-state index in [1.165, 1.54) is 24.8 Å². The molecule has 1 saturated carbocycles. The van der Waals surface area contributed by atoms with E-state index in [2.05, 4.69) is 18.3 Å². The summed E-state index contributed by atoms with van der Waals surface area (Å²) >= 11 is 6.10. The highest BCUT2D eigenvalue weighted by molar-refractivity contribution is 6.31. The lowest BCUT2D eigenvalue weighted by Crippen LogP contribution is -2.25. The van der Waals surface area contributed by atoms with E-state index in [1.54, 1.807) is 0 Å². The molecule has 1 aliphatic carbocycles. The predicted octanol–water partition coefficient (Wildman–Crippen LogP) is 3.62. The average molecular weight is 224 g/mol. The van der Waals surface area contributed by atoms with Gasteiger partial charge in [0.1, 0.15) is 0 Å². The van der Waals surface area contributed by atoms with Crippen LogP contribution in [0.15, 0.2) is 24.3 Å². The lowest BCUT2D eigenvalue weighted by atomic mass is 10.1. The summed E-state index contributed by atoms with van der Waals surface area (Å²) < 4.78 is 0. The van der Waals surface area contributed by atoms with Crippen LogP contribution in [-0.2, 0) is 6.54 Å². The summed E-state index contributed by atoms with van der Waals surface area (Å²) in [6.07, 6.45) is 3.98. The van der Waals surface area contributed by atoms with Crippen molar-refractivity contribution in [3.63, 3.8) is 0 Å².